The van der Waals surface area contributed by atoms with Crippen molar-refractivity contribution in [3.63, 3.8) is 0 Å². The van der Waals surface area contributed by atoms with Crippen LogP contribution in [0.2, 0.25) is 0 Å². The lowest BCUT2D eigenvalue weighted by Gasteiger charge is -2.10. The minimum absolute atomic E-state index is 0.0213. The molecule has 0 unspecified atom stereocenters. The van der Waals surface area contributed by atoms with Crippen LogP contribution in [0.4, 0.5) is 10.1 Å². The SMILES string of the molecule is O=C(Cn1nc(-c2ccc(F)cc2)oc1=O)Nc1ccccc1C(=O)NC1CC1. The zero-order valence-electron chi connectivity index (χ0n) is 15.2. The van der Waals surface area contributed by atoms with Gasteiger partial charge in [0.1, 0.15) is 12.4 Å². The Labute approximate surface area is 164 Å². The van der Waals surface area contributed by atoms with Crippen LogP contribution in [-0.4, -0.2) is 27.6 Å². The minimum Gasteiger partial charge on any atom is -0.388 e. The number of carbonyl (C=O) groups excluding carboxylic acids is 2. The standard InChI is InChI=1S/C20H17FN4O4/c21-13-7-5-12(6-8-13)19-24-25(20(28)29-19)11-17(26)23-16-4-2-1-3-15(16)18(27)22-14-9-10-14/h1-8,14H,9-11H2,(H,22,27)(H,23,26). The summed E-state index contributed by atoms with van der Waals surface area (Å²) < 4.78 is 18.9. The van der Waals surface area contributed by atoms with Gasteiger partial charge in [-0.25, -0.2) is 9.18 Å². The Morgan fingerprint density at radius 3 is 2.59 bits per heavy atom. The molecule has 4 rings (SSSR count). The number of halogens is 1. The first-order chi connectivity index (χ1) is 14.0. The lowest BCUT2D eigenvalue weighted by atomic mass is 10.1. The van der Waals surface area contributed by atoms with E-state index >= 15 is 0 Å². The molecule has 1 aliphatic carbocycles. The Hall–Kier alpha value is -3.75. The average molecular weight is 396 g/mol. The van der Waals surface area contributed by atoms with E-state index < -0.39 is 24.0 Å². The molecule has 2 N–H and O–H groups in total. The first-order valence-corrected chi connectivity index (χ1v) is 9.03. The van der Waals surface area contributed by atoms with Gasteiger partial charge in [-0.2, -0.15) is 4.68 Å². The molecule has 29 heavy (non-hydrogen) atoms. The monoisotopic (exact) mass is 396 g/mol. The third-order valence-corrected chi connectivity index (χ3v) is 4.35. The number of nitrogens with one attached hydrogen (secondary N) is 2. The van der Waals surface area contributed by atoms with Crippen LogP contribution in [0.3, 0.4) is 0 Å². The van der Waals surface area contributed by atoms with Crippen LogP contribution in [0.25, 0.3) is 11.5 Å². The second-order valence-corrected chi connectivity index (χ2v) is 6.68. The van der Waals surface area contributed by atoms with Gasteiger partial charge in [0.05, 0.1) is 11.3 Å². The fraction of sp³-hybridized carbons (Fsp3) is 0.200. The summed E-state index contributed by atoms with van der Waals surface area (Å²) in [5.74, 6) is -2.08. The van der Waals surface area contributed by atoms with Gasteiger partial charge >= 0.3 is 5.76 Å². The van der Waals surface area contributed by atoms with Gasteiger partial charge in [0.15, 0.2) is 0 Å². The highest BCUT2D eigenvalue weighted by Crippen LogP contribution is 2.21. The number of rotatable bonds is 6. The van der Waals surface area contributed by atoms with Gasteiger partial charge in [0, 0.05) is 11.6 Å². The number of amides is 2. The maximum atomic E-state index is 13.0. The van der Waals surface area contributed by atoms with Crippen molar-refractivity contribution in [3.05, 3.63) is 70.5 Å². The smallest absolute Gasteiger partial charge is 0.388 e. The summed E-state index contributed by atoms with van der Waals surface area (Å²) in [4.78, 5) is 36.7. The van der Waals surface area contributed by atoms with Crippen LogP contribution in [0.1, 0.15) is 23.2 Å². The molecular weight excluding hydrogens is 379 g/mol. The number of hydrogen-bond donors (Lipinski definition) is 2. The molecule has 2 amide bonds. The minimum atomic E-state index is -0.820. The van der Waals surface area contributed by atoms with Gasteiger partial charge in [-0.05, 0) is 49.2 Å². The Balaban J connectivity index is 1.47. The second-order valence-electron chi connectivity index (χ2n) is 6.68. The average Bonchev–Trinajstić information content (AvgIpc) is 3.44. The van der Waals surface area contributed by atoms with Gasteiger partial charge in [-0.15, -0.1) is 5.10 Å². The van der Waals surface area contributed by atoms with Crippen molar-refractivity contribution in [1.29, 1.82) is 0 Å². The molecule has 1 saturated carbocycles. The lowest BCUT2D eigenvalue weighted by Crippen LogP contribution is -2.29. The van der Waals surface area contributed by atoms with Gasteiger partial charge < -0.3 is 15.1 Å². The molecule has 2 aromatic carbocycles. The molecule has 0 aliphatic heterocycles. The van der Waals surface area contributed by atoms with Crippen molar-refractivity contribution in [2.45, 2.75) is 25.4 Å². The molecule has 1 fully saturated rings. The van der Waals surface area contributed by atoms with Gasteiger partial charge in [-0.1, -0.05) is 12.1 Å². The molecular formula is C20H17FN4O4. The maximum Gasteiger partial charge on any atom is 0.437 e. The van der Waals surface area contributed by atoms with E-state index in [0.717, 1.165) is 17.5 Å². The number of anilines is 1. The maximum absolute atomic E-state index is 13.0. The van der Waals surface area contributed by atoms with Crippen molar-refractivity contribution in [2.24, 2.45) is 0 Å². The number of carbonyl (C=O) groups is 2. The predicted molar refractivity (Wildman–Crippen MR) is 102 cm³/mol. The van der Waals surface area contributed by atoms with Crippen LogP contribution in [0.15, 0.2) is 57.7 Å². The number of para-hydroxylation sites is 1. The molecule has 0 atom stereocenters. The summed E-state index contributed by atoms with van der Waals surface area (Å²) in [5, 5.41) is 9.47. The van der Waals surface area contributed by atoms with E-state index in [4.69, 9.17) is 4.42 Å². The van der Waals surface area contributed by atoms with E-state index in [1.807, 2.05) is 0 Å². The van der Waals surface area contributed by atoms with Crippen LogP contribution in [0, 0.1) is 5.82 Å². The first kappa shape index (κ1) is 18.6. The van der Waals surface area contributed by atoms with Crippen molar-refractivity contribution >= 4 is 17.5 Å². The molecule has 0 saturated heterocycles. The van der Waals surface area contributed by atoms with E-state index in [1.165, 1.54) is 24.3 Å². The summed E-state index contributed by atoms with van der Waals surface area (Å²) in [5.41, 5.74) is 1.09. The highest BCUT2D eigenvalue weighted by atomic mass is 19.1. The van der Waals surface area contributed by atoms with E-state index in [9.17, 15) is 18.8 Å². The molecule has 1 heterocycles. The molecule has 1 aromatic heterocycles. The van der Waals surface area contributed by atoms with Gasteiger partial charge in [0.2, 0.25) is 11.8 Å². The van der Waals surface area contributed by atoms with Crippen LogP contribution >= 0.6 is 0 Å². The zero-order chi connectivity index (χ0) is 20.4. The van der Waals surface area contributed by atoms with E-state index in [-0.39, 0.29) is 17.8 Å². The highest BCUT2D eigenvalue weighted by molar-refractivity contribution is 6.03. The fourth-order valence-corrected chi connectivity index (χ4v) is 2.72. The summed E-state index contributed by atoms with van der Waals surface area (Å²) in [6, 6.07) is 12.1. The van der Waals surface area contributed by atoms with Crippen molar-refractivity contribution in [2.75, 3.05) is 5.32 Å². The fourth-order valence-electron chi connectivity index (χ4n) is 2.72. The topological polar surface area (TPSA) is 106 Å². The molecule has 148 valence electrons. The number of hydrogen-bond acceptors (Lipinski definition) is 5. The van der Waals surface area contributed by atoms with Crippen LogP contribution in [0.5, 0.6) is 0 Å². The van der Waals surface area contributed by atoms with Crippen molar-refractivity contribution < 1.29 is 18.4 Å². The summed E-state index contributed by atoms with van der Waals surface area (Å²) >= 11 is 0. The zero-order valence-corrected chi connectivity index (χ0v) is 15.2. The Morgan fingerprint density at radius 1 is 1.14 bits per heavy atom. The third kappa shape index (κ3) is 4.40. The summed E-state index contributed by atoms with van der Waals surface area (Å²) in [6.07, 6.45) is 1.90. The first-order valence-electron chi connectivity index (χ1n) is 9.03. The predicted octanol–water partition coefficient (Wildman–Crippen LogP) is 2.17. The van der Waals surface area contributed by atoms with Crippen LogP contribution in [-0.2, 0) is 11.3 Å². The Bertz CT molecular complexity index is 1120. The molecule has 9 heteroatoms. The summed E-state index contributed by atoms with van der Waals surface area (Å²) in [7, 11) is 0. The van der Waals surface area contributed by atoms with Crippen molar-refractivity contribution in [1.82, 2.24) is 15.1 Å². The summed E-state index contributed by atoms with van der Waals surface area (Å²) in [6.45, 7) is -0.401. The number of aromatic nitrogens is 2. The van der Waals surface area contributed by atoms with Gasteiger partial charge in [-0.3, -0.25) is 9.59 Å². The van der Waals surface area contributed by atoms with Crippen LogP contribution < -0.4 is 16.4 Å². The van der Waals surface area contributed by atoms with E-state index in [0.29, 0.717) is 16.8 Å². The largest absolute Gasteiger partial charge is 0.437 e. The van der Waals surface area contributed by atoms with Crippen molar-refractivity contribution in [3.8, 4) is 11.5 Å². The molecule has 3 aromatic rings. The number of nitrogens with zero attached hydrogens (tertiary/aromatic N) is 2. The van der Waals surface area contributed by atoms with E-state index in [2.05, 4.69) is 15.7 Å². The quantitative estimate of drug-likeness (QED) is 0.664. The second kappa shape index (κ2) is 7.70. The number of benzene rings is 2. The molecule has 0 radical (unpaired) electrons. The third-order valence-electron chi connectivity index (χ3n) is 4.35. The lowest BCUT2D eigenvalue weighted by molar-refractivity contribution is -0.117. The molecule has 1 aliphatic rings. The van der Waals surface area contributed by atoms with E-state index in [1.54, 1.807) is 24.3 Å². The molecule has 8 nitrogen and oxygen atoms in total. The molecule has 0 spiro atoms. The van der Waals surface area contributed by atoms with Gasteiger partial charge in [0.25, 0.3) is 5.91 Å². The Morgan fingerprint density at radius 2 is 1.86 bits per heavy atom. The normalized spacial score (nSPS) is 13.1. The highest BCUT2D eigenvalue weighted by Gasteiger charge is 2.25. The molecule has 0 bridgehead atoms. The Kier molecular flexibility index (Phi) is 4.94.